The predicted molar refractivity (Wildman–Crippen MR) is 130 cm³/mol. The lowest BCUT2D eigenvalue weighted by Gasteiger charge is -2.27. The van der Waals surface area contributed by atoms with Crippen molar-refractivity contribution < 1.29 is 28.5 Å². The molecule has 0 spiro atoms. The summed E-state index contributed by atoms with van der Waals surface area (Å²) in [7, 11) is 0. The maximum atomic E-state index is 12.7. The highest BCUT2D eigenvalue weighted by atomic mass is 19.3. The van der Waals surface area contributed by atoms with E-state index in [0.717, 1.165) is 18.4 Å². The van der Waals surface area contributed by atoms with Gasteiger partial charge in [-0.1, -0.05) is 24.3 Å². The minimum absolute atomic E-state index is 0.0138. The zero-order valence-corrected chi connectivity index (χ0v) is 19.5. The second-order valence-electron chi connectivity index (χ2n) is 8.69. The molecule has 0 radical (unpaired) electrons. The SMILES string of the molecule is O=C(N[C@H]1CC[C@@H](O)CC1)C(CO)c1ccc(Nc2ncc(-c3ccc(OC(F)F)cc3)cn2)cc1. The summed E-state index contributed by atoms with van der Waals surface area (Å²) in [5.74, 6) is -0.475. The molecular formula is C26H28F2N4O4. The highest BCUT2D eigenvalue weighted by Crippen LogP contribution is 2.25. The van der Waals surface area contributed by atoms with Gasteiger partial charge in [0.1, 0.15) is 5.75 Å². The van der Waals surface area contributed by atoms with Gasteiger partial charge in [0.05, 0.1) is 18.6 Å². The van der Waals surface area contributed by atoms with Crippen LogP contribution in [-0.2, 0) is 4.79 Å². The highest BCUT2D eigenvalue weighted by molar-refractivity contribution is 5.84. The van der Waals surface area contributed by atoms with E-state index in [1.165, 1.54) is 12.1 Å². The summed E-state index contributed by atoms with van der Waals surface area (Å²) in [6.07, 6.45) is 5.72. The summed E-state index contributed by atoms with van der Waals surface area (Å²) < 4.78 is 28.9. The summed E-state index contributed by atoms with van der Waals surface area (Å²) in [5.41, 5.74) is 2.86. The van der Waals surface area contributed by atoms with Crippen LogP contribution < -0.4 is 15.4 Å². The second-order valence-corrected chi connectivity index (χ2v) is 8.69. The number of nitrogens with zero attached hydrogens (tertiary/aromatic N) is 2. The Morgan fingerprint density at radius 2 is 1.61 bits per heavy atom. The standard InChI is InChI=1S/C26H28F2N4O4/c27-25(28)36-22-11-3-16(4-12-22)18-13-29-26(30-14-18)32-20-5-1-17(2-6-20)23(15-33)24(35)31-19-7-9-21(34)10-8-19/h1-6,11-14,19,21,23,25,33-34H,7-10,15H2,(H,31,35)(H,29,30,32)/t19-,21+,23?. The van der Waals surface area contributed by atoms with Crippen molar-refractivity contribution in [3.8, 4) is 16.9 Å². The fourth-order valence-corrected chi connectivity index (χ4v) is 4.16. The van der Waals surface area contributed by atoms with Crippen LogP contribution in [0.1, 0.15) is 37.2 Å². The molecule has 1 aliphatic rings. The minimum atomic E-state index is -2.87. The maximum absolute atomic E-state index is 12.7. The first-order valence-electron chi connectivity index (χ1n) is 11.7. The molecule has 190 valence electrons. The number of rotatable bonds is 9. The van der Waals surface area contributed by atoms with E-state index in [4.69, 9.17) is 0 Å². The van der Waals surface area contributed by atoms with Gasteiger partial charge in [0, 0.05) is 29.7 Å². The topological polar surface area (TPSA) is 117 Å². The van der Waals surface area contributed by atoms with Crippen LogP contribution in [0.25, 0.3) is 11.1 Å². The quantitative estimate of drug-likeness (QED) is 0.353. The van der Waals surface area contributed by atoms with Crippen molar-refractivity contribution in [2.75, 3.05) is 11.9 Å². The van der Waals surface area contributed by atoms with Gasteiger partial charge in [0.25, 0.3) is 0 Å². The first kappa shape index (κ1) is 25.5. The van der Waals surface area contributed by atoms with Crippen LogP contribution in [0.4, 0.5) is 20.4 Å². The molecule has 1 heterocycles. The van der Waals surface area contributed by atoms with Crippen LogP contribution in [0.5, 0.6) is 5.75 Å². The largest absolute Gasteiger partial charge is 0.435 e. The average Bonchev–Trinajstić information content (AvgIpc) is 2.87. The van der Waals surface area contributed by atoms with E-state index in [-0.39, 0.29) is 30.4 Å². The summed E-state index contributed by atoms with van der Waals surface area (Å²) >= 11 is 0. The Balaban J connectivity index is 1.34. The number of amides is 1. The predicted octanol–water partition coefficient (Wildman–Crippen LogP) is 3.98. The molecule has 1 unspecified atom stereocenters. The monoisotopic (exact) mass is 498 g/mol. The lowest BCUT2D eigenvalue weighted by Crippen LogP contribution is -2.41. The lowest BCUT2D eigenvalue weighted by molar-refractivity contribution is -0.124. The third-order valence-corrected chi connectivity index (χ3v) is 6.18. The number of halogens is 2. The molecule has 36 heavy (non-hydrogen) atoms. The zero-order valence-electron chi connectivity index (χ0n) is 19.5. The van der Waals surface area contributed by atoms with Crippen molar-refractivity contribution in [1.82, 2.24) is 15.3 Å². The molecule has 4 rings (SSSR count). The molecule has 0 bridgehead atoms. The number of benzene rings is 2. The number of anilines is 2. The third kappa shape index (κ3) is 6.73. The molecular weight excluding hydrogens is 470 g/mol. The number of hydrogen-bond acceptors (Lipinski definition) is 7. The fraction of sp³-hybridized carbons (Fsp3) is 0.346. The minimum Gasteiger partial charge on any atom is -0.435 e. The van der Waals surface area contributed by atoms with Crippen LogP contribution in [-0.4, -0.2) is 51.5 Å². The number of ether oxygens (including phenoxy) is 1. The lowest BCUT2D eigenvalue weighted by atomic mass is 9.92. The number of carbonyl (C=O) groups is 1. The number of carbonyl (C=O) groups excluding carboxylic acids is 1. The normalized spacial score (nSPS) is 18.5. The Morgan fingerprint density at radius 3 is 2.19 bits per heavy atom. The summed E-state index contributed by atoms with van der Waals surface area (Å²) in [4.78, 5) is 21.3. The Morgan fingerprint density at radius 1 is 0.972 bits per heavy atom. The van der Waals surface area contributed by atoms with Crippen LogP contribution in [0.15, 0.2) is 60.9 Å². The first-order valence-corrected chi connectivity index (χ1v) is 11.7. The van der Waals surface area contributed by atoms with Gasteiger partial charge in [0.15, 0.2) is 0 Å². The van der Waals surface area contributed by atoms with Gasteiger partial charge in [-0.15, -0.1) is 0 Å². The van der Waals surface area contributed by atoms with Crippen LogP contribution in [0, 0.1) is 0 Å². The fourth-order valence-electron chi connectivity index (χ4n) is 4.16. The van der Waals surface area contributed by atoms with Crippen LogP contribution >= 0.6 is 0 Å². The molecule has 10 heteroatoms. The average molecular weight is 499 g/mol. The van der Waals surface area contributed by atoms with Crippen molar-refractivity contribution >= 4 is 17.5 Å². The van der Waals surface area contributed by atoms with Crippen LogP contribution in [0.2, 0.25) is 0 Å². The van der Waals surface area contributed by atoms with Gasteiger partial charge in [-0.3, -0.25) is 4.79 Å². The smallest absolute Gasteiger partial charge is 0.387 e. The third-order valence-electron chi connectivity index (χ3n) is 6.18. The number of aliphatic hydroxyl groups excluding tert-OH is 2. The zero-order chi connectivity index (χ0) is 25.5. The number of alkyl halides is 2. The van der Waals surface area contributed by atoms with Crippen molar-refractivity contribution in [1.29, 1.82) is 0 Å². The molecule has 8 nitrogen and oxygen atoms in total. The van der Waals surface area contributed by atoms with Gasteiger partial charge in [-0.05, 0) is 61.1 Å². The van der Waals surface area contributed by atoms with E-state index < -0.39 is 12.5 Å². The number of hydrogen-bond donors (Lipinski definition) is 4. The number of aromatic nitrogens is 2. The van der Waals surface area contributed by atoms with E-state index in [2.05, 4.69) is 25.3 Å². The van der Waals surface area contributed by atoms with E-state index >= 15 is 0 Å². The van der Waals surface area contributed by atoms with Crippen molar-refractivity contribution in [3.63, 3.8) is 0 Å². The molecule has 1 amide bonds. The molecule has 2 aromatic carbocycles. The van der Waals surface area contributed by atoms with Crippen molar-refractivity contribution in [2.24, 2.45) is 0 Å². The molecule has 4 N–H and O–H groups in total. The molecule has 1 saturated carbocycles. The summed E-state index contributed by atoms with van der Waals surface area (Å²) in [5, 5.41) is 25.5. The van der Waals surface area contributed by atoms with Gasteiger partial charge in [0.2, 0.25) is 11.9 Å². The number of aliphatic hydroxyl groups is 2. The second kappa shape index (κ2) is 11.9. The first-order chi connectivity index (χ1) is 17.4. The van der Waals surface area contributed by atoms with Gasteiger partial charge in [-0.25, -0.2) is 9.97 Å². The molecule has 3 aromatic rings. The molecule has 0 aliphatic heterocycles. The molecule has 1 atom stereocenters. The molecule has 1 aromatic heterocycles. The van der Waals surface area contributed by atoms with E-state index in [1.54, 1.807) is 48.8 Å². The molecule has 1 aliphatic carbocycles. The Labute approximate surface area is 207 Å². The Kier molecular flexibility index (Phi) is 8.40. The maximum Gasteiger partial charge on any atom is 0.387 e. The van der Waals surface area contributed by atoms with Crippen molar-refractivity contribution in [3.05, 3.63) is 66.5 Å². The Bertz CT molecular complexity index is 1120. The van der Waals surface area contributed by atoms with E-state index in [9.17, 15) is 23.8 Å². The molecule has 1 fully saturated rings. The van der Waals surface area contributed by atoms with Crippen molar-refractivity contribution in [2.45, 2.75) is 50.4 Å². The van der Waals surface area contributed by atoms with Gasteiger partial charge >= 0.3 is 6.61 Å². The van der Waals surface area contributed by atoms with E-state index in [1.807, 2.05) is 0 Å². The van der Waals surface area contributed by atoms with Crippen LogP contribution in [0.3, 0.4) is 0 Å². The summed E-state index contributed by atoms with van der Waals surface area (Å²) in [6.45, 7) is -3.18. The van der Waals surface area contributed by atoms with Gasteiger partial charge < -0.3 is 25.6 Å². The number of nitrogens with one attached hydrogen (secondary N) is 2. The van der Waals surface area contributed by atoms with E-state index in [0.29, 0.717) is 35.6 Å². The van der Waals surface area contributed by atoms with Gasteiger partial charge in [-0.2, -0.15) is 8.78 Å². The Hall–Kier alpha value is -3.63. The molecule has 0 saturated heterocycles. The summed E-state index contributed by atoms with van der Waals surface area (Å²) in [6, 6.07) is 13.3. The highest BCUT2D eigenvalue weighted by Gasteiger charge is 2.25.